The minimum absolute atomic E-state index is 0.405. The fourth-order valence-corrected chi connectivity index (χ4v) is 2.75. The van der Waals surface area contributed by atoms with Crippen LogP contribution in [-0.2, 0) is 6.42 Å². The molecule has 0 aliphatic carbocycles. The molecule has 0 aliphatic rings. The number of rotatable bonds is 5. The third-order valence-electron chi connectivity index (χ3n) is 3.20. The molecule has 2 aromatic rings. The quantitative estimate of drug-likeness (QED) is 0.815. The second kappa shape index (κ2) is 6.78. The Bertz CT molecular complexity index is 502. The van der Waals surface area contributed by atoms with E-state index in [4.69, 9.17) is 0 Å². The lowest BCUT2D eigenvalue weighted by Crippen LogP contribution is -2.00. The normalized spacial score (nSPS) is 12.4. The summed E-state index contributed by atoms with van der Waals surface area (Å²) in [6.07, 6.45) is 0.631. The van der Waals surface area contributed by atoms with Gasteiger partial charge < -0.3 is 5.11 Å². The van der Waals surface area contributed by atoms with Crippen LogP contribution < -0.4 is 0 Å². The van der Waals surface area contributed by atoms with E-state index in [0.717, 1.165) is 12.0 Å². The third-order valence-corrected chi connectivity index (χ3v) is 4.29. The molecule has 2 rings (SSSR count). The molecule has 2 aromatic carbocycles. The molecule has 0 aliphatic heterocycles. The molecule has 100 valence electrons. The zero-order valence-corrected chi connectivity index (χ0v) is 12.3. The van der Waals surface area contributed by atoms with Crippen LogP contribution in [0.15, 0.2) is 53.4 Å². The summed E-state index contributed by atoms with van der Waals surface area (Å²) in [7, 11) is 0. The minimum atomic E-state index is -0.405. The maximum Gasteiger partial charge on any atom is 0.0883 e. The van der Waals surface area contributed by atoms with Gasteiger partial charge in [-0.1, -0.05) is 48.9 Å². The van der Waals surface area contributed by atoms with E-state index in [9.17, 15) is 5.11 Å². The van der Waals surface area contributed by atoms with Gasteiger partial charge in [0, 0.05) is 10.6 Å². The van der Waals surface area contributed by atoms with E-state index in [1.807, 2.05) is 12.1 Å². The molecule has 0 amide bonds. The molecule has 19 heavy (non-hydrogen) atoms. The summed E-state index contributed by atoms with van der Waals surface area (Å²) in [4.78, 5) is 1.20. The van der Waals surface area contributed by atoms with Crippen molar-refractivity contribution in [2.45, 2.75) is 31.3 Å². The van der Waals surface area contributed by atoms with Crippen molar-refractivity contribution in [2.24, 2.45) is 0 Å². The summed E-state index contributed by atoms with van der Waals surface area (Å²) in [6.45, 7) is 4.22. The average Bonchev–Trinajstić information content (AvgIpc) is 2.46. The van der Waals surface area contributed by atoms with Gasteiger partial charge in [-0.05, 0) is 36.6 Å². The molecule has 1 nitrogen and oxygen atoms in total. The fraction of sp³-hybridized carbons (Fsp3) is 0.294. The number of aliphatic hydroxyl groups excluding tert-OH is 1. The molecule has 0 spiro atoms. The van der Waals surface area contributed by atoms with Crippen molar-refractivity contribution in [1.29, 1.82) is 0 Å². The fourth-order valence-electron chi connectivity index (χ4n) is 1.88. The Balaban J connectivity index is 1.93. The number of hydrogen-bond donors (Lipinski definition) is 1. The van der Waals surface area contributed by atoms with E-state index in [1.54, 1.807) is 11.8 Å². The van der Waals surface area contributed by atoms with Crippen molar-refractivity contribution in [3.8, 4) is 0 Å². The Labute approximate surface area is 119 Å². The van der Waals surface area contributed by atoms with Gasteiger partial charge in [0.15, 0.2) is 0 Å². The lowest BCUT2D eigenvalue weighted by molar-refractivity contribution is 0.204. The van der Waals surface area contributed by atoms with Crippen molar-refractivity contribution in [3.05, 3.63) is 65.2 Å². The summed E-state index contributed by atoms with van der Waals surface area (Å²) in [5, 5.41) is 10.2. The second-order valence-corrected chi connectivity index (χ2v) is 5.83. The Kier molecular flexibility index (Phi) is 5.06. The van der Waals surface area contributed by atoms with Gasteiger partial charge in [0.05, 0.1) is 6.10 Å². The average molecular weight is 272 g/mol. The molecule has 0 radical (unpaired) electrons. The van der Waals surface area contributed by atoms with E-state index >= 15 is 0 Å². The number of benzene rings is 2. The lowest BCUT2D eigenvalue weighted by Gasteiger charge is -2.11. The highest BCUT2D eigenvalue weighted by Crippen LogP contribution is 2.25. The highest BCUT2D eigenvalue weighted by Gasteiger charge is 2.08. The van der Waals surface area contributed by atoms with Gasteiger partial charge in [0.25, 0.3) is 0 Å². The Morgan fingerprint density at radius 1 is 1.00 bits per heavy atom. The van der Waals surface area contributed by atoms with Gasteiger partial charge in [-0.2, -0.15) is 0 Å². The van der Waals surface area contributed by atoms with Gasteiger partial charge in [0.1, 0.15) is 0 Å². The van der Waals surface area contributed by atoms with Crippen molar-refractivity contribution in [1.82, 2.24) is 0 Å². The predicted molar refractivity (Wildman–Crippen MR) is 82.7 cm³/mol. The Hall–Kier alpha value is -1.25. The molecule has 1 unspecified atom stereocenters. The van der Waals surface area contributed by atoms with Gasteiger partial charge >= 0.3 is 0 Å². The zero-order chi connectivity index (χ0) is 13.7. The van der Waals surface area contributed by atoms with Crippen LogP contribution in [0.1, 0.15) is 29.7 Å². The zero-order valence-electron chi connectivity index (χ0n) is 11.5. The van der Waals surface area contributed by atoms with Crippen LogP contribution >= 0.6 is 11.8 Å². The summed E-state index contributed by atoms with van der Waals surface area (Å²) in [6, 6.07) is 16.7. The van der Waals surface area contributed by atoms with Crippen LogP contribution in [0.4, 0.5) is 0 Å². The molecule has 0 saturated heterocycles. The molecule has 0 fully saturated rings. The minimum Gasteiger partial charge on any atom is -0.388 e. The monoisotopic (exact) mass is 272 g/mol. The third kappa shape index (κ3) is 4.12. The highest BCUT2D eigenvalue weighted by molar-refractivity contribution is 7.99. The molecule has 1 atom stereocenters. The Morgan fingerprint density at radius 3 is 2.21 bits per heavy atom. The van der Waals surface area contributed by atoms with Crippen LogP contribution in [-0.4, -0.2) is 10.9 Å². The first kappa shape index (κ1) is 14.2. The molecule has 0 heterocycles. The summed E-state index contributed by atoms with van der Waals surface area (Å²) in [5.74, 6) is 0.689. The van der Waals surface area contributed by atoms with Crippen LogP contribution in [0.3, 0.4) is 0 Å². The van der Waals surface area contributed by atoms with Crippen molar-refractivity contribution < 1.29 is 5.11 Å². The smallest absolute Gasteiger partial charge is 0.0883 e. The summed E-state index contributed by atoms with van der Waals surface area (Å²) >= 11 is 1.69. The first-order valence-electron chi connectivity index (χ1n) is 6.65. The van der Waals surface area contributed by atoms with Crippen LogP contribution in [0, 0.1) is 6.92 Å². The van der Waals surface area contributed by atoms with Gasteiger partial charge in [-0.3, -0.25) is 0 Å². The number of aryl methyl sites for hydroxylation is 2. The number of aliphatic hydroxyl groups is 1. The van der Waals surface area contributed by atoms with E-state index in [1.165, 1.54) is 16.0 Å². The van der Waals surface area contributed by atoms with Gasteiger partial charge in [-0.25, -0.2) is 0 Å². The molecular formula is C17H20OS. The van der Waals surface area contributed by atoms with Crippen LogP contribution in [0.25, 0.3) is 0 Å². The topological polar surface area (TPSA) is 20.2 Å². The second-order valence-electron chi connectivity index (χ2n) is 4.73. The molecule has 1 N–H and O–H groups in total. The molecule has 0 aromatic heterocycles. The first-order valence-corrected chi connectivity index (χ1v) is 7.64. The van der Waals surface area contributed by atoms with Crippen molar-refractivity contribution >= 4 is 11.8 Å². The van der Waals surface area contributed by atoms with Gasteiger partial charge in [-0.15, -0.1) is 11.8 Å². The standard InChI is InChI=1S/C17H20OS/c1-3-14-6-8-15(9-7-14)17(18)12-19-16-10-4-13(2)5-11-16/h4-11,17-18H,3,12H2,1-2H3. The summed E-state index contributed by atoms with van der Waals surface area (Å²) in [5.41, 5.74) is 3.57. The van der Waals surface area contributed by atoms with Crippen molar-refractivity contribution in [2.75, 3.05) is 5.75 Å². The first-order chi connectivity index (χ1) is 9.19. The Morgan fingerprint density at radius 2 is 1.63 bits per heavy atom. The van der Waals surface area contributed by atoms with E-state index in [2.05, 4.69) is 50.2 Å². The van der Waals surface area contributed by atoms with E-state index < -0.39 is 6.10 Å². The highest BCUT2D eigenvalue weighted by atomic mass is 32.2. The molecular weight excluding hydrogens is 252 g/mol. The van der Waals surface area contributed by atoms with Crippen molar-refractivity contribution in [3.63, 3.8) is 0 Å². The van der Waals surface area contributed by atoms with Crippen LogP contribution in [0.5, 0.6) is 0 Å². The van der Waals surface area contributed by atoms with Crippen LogP contribution in [0.2, 0.25) is 0 Å². The number of hydrogen-bond acceptors (Lipinski definition) is 2. The molecule has 2 heteroatoms. The van der Waals surface area contributed by atoms with E-state index in [0.29, 0.717) is 5.75 Å². The predicted octanol–water partition coefficient (Wildman–Crippen LogP) is 4.38. The lowest BCUT2D eigenvalue weighted by atomic mass is 10.1. The number of thioether (sulfide) groups is 1. The largest absolute Gasteiger partial charge is 0.388 e. The van der Waals surface area contributed by atoms with Gasteiger partial charge in [0.2, 0.25) is 0 Å². The van der Waals surface area contributed by atoms with E-state index in [-0.39, 0.29) is 0 Å². The maximum absolute atomic E-state index is 10.2. The maximum atomic E-state index is 10.2. The molecule has 0 saturated carbocycles. The SMILES string of the molecule is CCc1ccc(C(O)CSc2ccc(C)cc2)cc1. The summed E-state index contributed by atoms with van der Waals surface area (Å²) < 4.78 is 0. The molecule has 0 bridgehead atoms.